The van der Waals surface area contributed by atoms with Crippen LogP contribution in [0.4, 0.5) is 0 Å². The van der Waals surface area contributed by atoms with Crippen LogP contribution in [0, 0.1) is 5.92 Å². The molecule has 0 spiro atoms. The van der Waals surface area contributed by atoms with Crippen molar-refractivity contribution >= 4 is 0 Å². The second kappa shape index (κ2) is 7.61. The largest absolute Gasteiger partial charge is 0.379 e. The molecule has 0 amide bonds. The van der Waals surface area contributed by atoms with Gasteiger partial charge in [0.25, 0.3) is 0 Å². The molecule has 0 aromatic carbocycles. The van der Waals surface area contributed by atoms with Crippen LogP contribution in [0.25, 0.3) is 0 Å². The van der Waals surface area contributed by atoms with E-state index in [1.807, 2.05) is 0 Å². The van der Waals surface area contributed by atoms with Crippen LogP contribution in [-0.4, -0.2) is 38.0 Å². The van der Waals surface area contributed by atoms with Crippen molar-refractivity contribution in [2.75, 3.05) is 26.4 Å². The minimum absolute atomic E-state index is 0.0880. The lowest BCUT2D eigenvalue weighted by Gasteiger charge is -2.39. The molecule has 3 heteroatoms. The van der Waals surface area contributed by atoms with Crippen LogP contribution in [0.1, 0.15) is 58.8 Å². The quantitative estimate of drug-likeness (QED) is 0.652. The monoisotopic (exact) mass is 269 g/mol. The van der Waals surface area contributed by atoms with Gasteiger partial charge < -0.3 is 14.8 Å². The highest BCUT2D eigenvalue weighted by Crippen LogP contribution is 2.35. The van der Waals surface area contributed by atoms with Crippen molar-refractivity contribution in [2.24, 2.45) is 5.92 Å². The fourth-order valence-electron chi connectivity index (χ4n) is 2.84. The lowest BCUT2D eigenvalue weighted by molar-refractivity contribution is -0.0917. The first-order valence-corrected chi connectivity index (χ1v) is 8.19. The third kappa shape index (κ3) is 5.41. The first kappa shape index (κ1) is 15.3. The molecule has 0 aliphatic heterocycles. The van der Waals surface area contributed by atoms with Gasteiger partial charge in [-0.3, -0.25) is 0 Å². The highest BCUT2D eigenvalue weighted by Gasteiger charge is 2.36. The Morgan fingerprint density at radius 1 is 1.05 bits per heavy atom. The molecule has 0 heterocycles. The zero-order valence-corrected chi connectivity index (χ0v) is 12.7. The number of nitrogens with one attached hydrogen (secondary N) is 1. The summed E-state index contributed by atoms with van der Waals surface area (Å²) in [7, 11) is 0. The maximum Gasteiger partial charge on any atom is 0.0807 e. The van der Waals surface area contributed by atoms with Crippen molar-refractivity contribution in [3.63, 3.8) is 0 Å². The summed E-state index contributed by atoms with van der Waals surface area (Å²) in [5.41, 5.74) is 0.0880. The summed E-state index contributed by atoms with van der Waals surface area (Å²) in [6.07, 6.45) is 8.83. The number of ether oxygens (including phenoxy) is 2. The summed E-state index contributed by atoms with van der Waals surface area (Å²) in [6, 6.07) is 0.774. The van der Waals surface area contributed by atoms with Crippen molar-refractivity contribution < 1.29 is 9.47 Å². The first-order chi connectivity index (χ1) is 9.24. The molecule has 0 saturated heterocycles. The molecular formula is C16H31NO2. The van der Waals surface area contributed by atoms with Crippen LogP contribution in [0.2, 0.25) is 0 Å². The smallest absolute Gasteiger partial charge is 0.0807 e. The molecule has 112 valence electrons. The molecule has 1 N–H and O–H groups in total. The Morgan fingerprint density at radius 3 is 2.42 bits per heavy atom. The van der Waals surface area contributed by atoms with Crippen LogP contribution >= 0.6 is 0 Å². The fourth-order valence-corrected chi connectivity index (χ4v) is 2.84. The van der Waals surface area contributed by atoms with Gasteiger partial charge in [-0.15, -0.1) is 0 Å². The lowest BCUT2D eigenvalue weighted by atomic mass is 9.79. The summed E-state index contributed by atoms with van der Waals surface area (Å²) < 4.78 is 11.8. The van der Waals surface area contributed by atoms with Crippen LogP contribution < -0.4 is 5.32 Å². The van der Waals surface area contributed by atoms with Gasteiger partial charge in [-0.1, -0.05) is 13.8 Å². The standard InChI is InChI=1S/C16H31NO2/c1-3-10-18-11-12-19-16(13-17-15-4-5-15)8-6-14(2)7-9-16/h14-15,17H,3-13H2,1-2H3. The van der Waals surface area contributed by atoms with E-state index < -0.39 is 0 Å². The van der Waals surface area contributed by atoms with E-state index >= 15 is 0 Å². The van der Waals surface area contributed by atoms with Gasteiger partial charge >= 0.3 is 0 Å². The number of rotatable bonds is 9. The summed E-state index contributed by atoms with van der Waals surface area (Å²) >= 11 is 0. The van der Waals surface area contributed by atoms with Crippen molar-refractivity contribution in [3.8, 4) is 0 Å². The van der Waals surface area contributed by atoms with Gasteiger partial charge in [0.2, 0.25) is 0 Å². The third-order valence-corrected chi connectivity index (χ3v) is 4.46. The summed E-state index contributed by atoms with van der Waals surface area (Å²) in [5, 5.41) is 3.67. The third-order valence-electron chi connectivity index (χ3n) is 4.46. The maximum atomic E-state index is 6.26. The molecule has 0 aromatic rings. The highest BCUT2D eigenvalue weighted by atomic mass is 16.5. The van der Waals surface area contributed by atoms with Gasteiger partial charge in [0.05, 0.1) is 18.8 Å². The van der Waals surface area contributed by atoms with Gasteiger partial charge in [0.15, 0.2) is 0 Å². The van der Waals surface area contributed by atoms with Crippen molar-refractivity contribution in [3.05, 3.63) is 0 Å². The summed E-state index contributed by atoms with van der Waals surface area (Å²) in [6.45, 7) is 7.90. The van der Waals surface area contributed by atoms with E-state index in [1.54, 1.807) is 0 Å². The Labute approximate surface area is 118 Å². The van der Waals surface area contributed by atoms with E-state index in [9.17, 15) is 0 Å². The second-order valence-electron chi connectivity index (χ2n) is 6.48. The minimum Gasteiger partial charge on any atom is -0.379 e. The highest BCUT2D eigenvalue weighted by molar-refractivity contribution is 4.92. The second-order valence-corrected chi connectivity index (χ2v) is 6.48. The normalized spacial score (nSPS) is 31.6. The number of hydrogen-bond acceptors (Lipinski definition) is 3. The topological polar surface area (TPSA) is 30.5 Å². The first-order valence-electron chi connectivity index (χ1n) is 8.19. The van der Waals surface area contributed by atoms with Crippen LogP contribution in [0.5, 0.6) is 0 Å². The fraction of sp³-hybridized carbons (Fsp3) is 1.00. The van der Waals surface area contributed by atoms with Crippen LogP contribution in [-0.2, 0) is 9.47 Å². The molecule has 0 radical (unpaired) electrons. The Balaban J connectivity index is 1.72. The molecule has 0 bridgehead atoms. The molecule has 2 saturated carbocycles. The predicted octanol–water partition coefficient (Wildman–Crippen LogP) is 3.13. The molecular weight excluding hydrogens is 238 g/mol. The van der Waals surface area contributed by atoms with Crippen LogP contribution in [0.3, 0.4) is 0 Å². The number of hydrogen-bond donors (Lipinski definition) is 1. The molecule has 3 nitrogen and oxygen atoms in total. The molecule has 2 aliphatic carbocycles. The van der Waals surface area contributed by atoms with E-state index in [2.05, 4.69) is 19.2 Å². The van der Waals surface area contributed by atoms with E-state index in [1.165, 1.54) is 38.5 Å². The van der Waals surface area contributed by atoms with Gasteiger partial charge in [-0.25, -0.2) is 0 Å². The minimum atomic E-state index is 0.0880. The molecule has 0 aromatic heterocycles. The molecule has 0 atom stereocenters. The van der Waals surface area contributed by atoms with Crippen molar-refractivity contribution in [1.29, 1.82) is 0 Å². The Bertz CT molecular complexity index is 245. The summed E-state index contributed by atoms with van der Waals surface area (Å²) in [4.78, 5) is 0. The molecule has 0 unspecified atom stereocenters. The SMILES string of the molecule is CCCOCCOC1(CNC2CC2)CCC(C)CC1. The average Bonchev–Trinajstić information content (AvgIpc) is 3.24. The summed E-state index contributed by atoms with van der Waals surface area (Å²) in [5.74, 6) is 0.869. The van der Waals surface area contributed by atoms with E-state index in [-0.39, 0.29) is 5.60 Å². The van der Waals surface area contributed by atoms with E-state index in [4.69, 9.17) is 9.47 Å². The Morgan fingerprint density at radius 2 is 1.79 bits per heavy atom. The van der Waals surface area contributed by atoms with Gasteiger partial charge in [0, 0.05) is 19.2 Å². The zero-order chi connectivity index (χ0) is 13.6. The van der Waals surface area contributed by atoms with Crippen molar-refractivity contribution in [2.45, 2.75) is 70.4 Å². The lowest BCUT2D eigenvalue weighted by Crippen LogP contribution is -2.47. The van der Waals surface area contributed by atoms with Crippen molar-refractivity contribution in [1.82, 2.24) is 5.32 Å². The van der Waals surface area contributed by atoms with Gasteiger partial charge in [-0.05, 0) is 50.9 Å². The molecule has 2 rings (SSSR count). The molecule has 2 aliphatic rings. The Hall–Kier alpha value is -0.120. The average molecular weight is 269 g/mol. The Kier molecular flexibility index (Phi) is 6.11. The van der Waals surface area contributed by atoms with Crippen LogP contribution in [0.15, 0.2) is 0 Å². The predicted molar refractivity (Wildman–Crippen MR) is 78.4 cm³/mol. The van der Waals surface area contributed by atoms with E-state index in [0.29, 0.717) is 0 Å². The van der Waals surface area contributed by atoms with Gasteiger partial charge in [-0.2, -0.15) is 0 Å². The zero-order valence-electron chi connectivity index (χ0n) is 12.7. The van der Waals surface area contributed by atoms with Gasteiger partial charge in [0.1, 0.15) is 0 Å². The van der Waals surface area contributed by atoms with E-state index in [0.717, 1.165) is 44.7 Å². The molecule has 19 heavy (non-hydrogen) atoms. The maximum absolute atomic E-state index is 6.26. The molecule has 2 fully saturated rings.